The summed E-state index contributed by atoms with van der Waals surface area (Å²) in [5, 5.41) is 5.25. The van der Waals surface area contributed by atoms with E-state index in [2.05, 4.69) is 35.9 Å². The van der Waals surface area contributed by atoms with Crippen LogP contribution in [-0.2, 0) is 17.1 Å². The van der Waals surface area contributed by atoms with E-state index in [0.29, 0.717) is 0 Å². The molecular weight excluding hydrogens is 396 g/mol. The standard InChI is InChI=1S/C14H21BrN6O2S/c1-4-24(22,23)20(3)10-5-7-21(8-6-10)14-11-12(15)18-19(2)13(11)16-9-17-14/h9-10H,4-8H2,1-3H3. The van der Waals surface area contributed by atoms with E-state index in [1.165, 1.54) is 4.31 Å². The lowest BCUT2D eigenvalue weighted by Crippen LogP contribution is -2.46. The number of aryl methyl sites for hydroxylation is 1. The van der Waals surface area contributed by atoms with Crippen LogP contribution in [0, 0.1) is 0 Å². The van der Waals surface area contributed by atoms with Gasteiger partial charge < -0.3 is 4.90 Å². The van der Waals surface area contributed by atoms with Gasteiger partial charge in [0.05, 0.1) is 11.1 Å². The van der Waals surface area contributed by atoms with Crippen LogP contribution in [0.2, 0.25) is 0 Å². The van der Waals surface area contributed by atoms with Gasteiger partial charge in [-0.2, -0.15) is 5.10 Å². The molecule has 0 spiro atoms. The Bertz CT molecular complexity index is 844. The first kappa shape index (κ1) is 17.6. The zero-order valence-electron chi connectivity index (χ0n) is 14.0. The lowest BCUT2D eigenvalue weighted by molar-refractivity contribution is 0.312. The van der Waals surface area contributed by atoms with Crippen molar-refractivity contribution < 1.29 is 8.42 Å². The number of anilines is 1. The van der Waals surface area contributed by atoms with Crippen molar-refractivity contribution in [2.45, 2.75) is 25.8 Å². The highest BCUT2D eigenvalue weighted by molar-refractivity contribution is 9.10. The molecule has 0 amide bonds. The Morgan fingerprint density at radius 1 is 1.33 bits per heavy atom. The quantitative estimate of drug-likeness (QED) is 0.748. The summed E-state index contributed by atoms with van der Waals surface area (Å²) >= 11 is 3.48. The maximum atomic E-state index is 12.0. The molecule has 2 aromatic heterocycles. The fourth-order valence-corrected chi connectivity index (χ4v) is 4.80. The number of hydrogen-bond acceptors (Lipinski definition) is 6. The molecule has 8 nitrogen and oxygen atoms in total. The van der Waals surface area contributed by atoms with Crippen LogP contribution in [0.4, 0.5) is 5.82 Å². The molecule has 0 atom stereocenters. The van der Waals surface area contributed by atoms with Crippen molar-refractivity contribution in [1.29, 1.82) is 0 Å². The predicted molar refractivity (Wildman–Crippen MR) is 96.5 cm³/mol. The van der Waals surface area contributed by atoms with Gasteiger partial charge in [0.25, 0.3) is 0 Å². The van der Waals surface area contributed by atoms with Crippen LogP contribution in [0.15, 0.2) is 10.9 Å². The van der Waals surface area contributed by atoms with Gasteiger partial charge in [0.2, 0.25) is 10.0 Å². The second kappa shape index (κ2) is 6.57. The summed E-state index contributed by atoms with van der Waals surface area (Å²) in [4.78, 5) is 10.9. The lowest BCUT2D eigenvalue weighted by Gasteiger charge is -2.36. The van der Waals surface area contributed by atoms with Gasteiger partial charge in [-0.1, -0.05) is 0 Å². The van der Waals surface area contributed by atoms with E-state index in [1.807, 2.05) is 7.05 Å². The van der Waals surface area contributed by atoms with Gasteiger partial charge in [-0.15, -0.1) is 0 Å². The Morgan fingerprint density at radius 2 is 2.00 bits per heavy atom. The minimum absolute atomic E-state index is 0.0425. The minimum Gasteiger partial charge on any atom is -0.356 e. The summed E-state index contributed by atoms with van der Waals surface area (Å²) in [5.74, 6) is 0.984. The molecule has 0 bridgehead atoms. The maximum Gasteiger partial charge on any atom is 0.213 e. The molecule has 1 aliphatic heterocycles. The summed E-state index contributed by atoms with van der Waals surface area (Å²) < 4.78 is 28.1. The predicted octanol–water partition coefficient (Wildman–Crippen LogP) is 1.38. The van der Waals surface area contributed by atoms with Gasteiger partial charge in [-0.25, -0.2) is 27.4 Å². The first-order chi connectivity index (χ1) is 11.3. The molecule has 0 saturated carbocycles. The van der Waals surface area contributed by atoms with E-state index >= 15 is 0 Å². The third-order valence-electron chi connectivity index (χ3n) is 4.64. The second-order valence-corrected chi connectivity index (χ2v) is 9.01. The molecule has 10 heteroatoms. The Balaban J connectivity index is 1.81. The van der Waals surface area contributed by atoms with E-state index in [0.717, 1.165) is 47.4 Å². The third kappa shape index (κ3) is 3.02. The van der Waals surface area contributed by atoms with Crippen LogP contribution >= 0.6 is 15.9 Å². The Hall–Kier alpha value is -1.26. The minimum atomic E-state index is -3.15. The van der Waals surface area contributed by atoms with E-state index in [4.69, 9.17) is 0 Å². The molecular formula is C14H21BrN6O2S. The van der Waals surface area contributed by atoms with E-state index < -0.39 is 10.0 Å². The number of fused-ring (bicyclic) bond motifs is 1. The monoisotopic (exact) mass is 416 g/mol. The summed E-state index contributed by atoms with van der Waals surface area (Å²) in [7, 11) is 0.379. The van der Waals surface area contributed by atoms with Crippen LogP contribution in [-0.4, -0.2) is 64.4 Å². The zero-order valence-corrected chi connectivity index (χ0v) is 16.4. The van der Waals surface area contributed by atoms with Gasteiger partial charge in [0.1, 0.15) is 16.7 Å². The topological polar surface area (TPSA) is 84.2 Å². The Kier molecular flexibility index (Phi) is 4.80. The smallest absolute Gasteiger partial charge is 0.213 e. The molecule has 132 valence electrons. The molecule has 3 rings (SSSR count). The summed E-state index contributed by atoms with van der Waals surface area (Å²) in [5.41, 5.74) is 0.777. The summed E-state index contributed by atoms with van der Waals surface area (Å²) in [6.45, 7) is 3.18. The van der Waals surface area contributed by atoms with E-state index in [1.54, 1.807) is 25.0 Å². The molecule has 1 saturated heterocycles. The number of rotatable bonds is 4. The molecule has 0 radical (unpaired) electrons. The zero-order chi connectivity index (χ0) is 17.5. The molecule has 24 heavy (non-hydrogen) atoms. The first-order valence-electron chi connectivity index (χ1n) is 7.89. The molecule has 0 N–H and O–H groups in total. The van der Waals surface area contributed by atoms with Crippen LogP contribution < -0.4 is 4.90 Å². The number of aromatic nitrogens is 4. The van der Waals surface area contributed by atoms with Gasteiger partial charge in [-0.3, -0.25) is 0 Å². The molecule has 0 unspecified atom stereocenters. The molecule has 1 aliphatic rings. The Labute approximate surface area is 150 Å². The average molecular weight is 417 g/mol. The van der Waals surface area contributed by atoms with Gasteiger partial charge >= 0.3 is 0 Å². The van der Waals surface area contributed by atoms with Crippen molar-refractivity contribution in [2.75, 3.05) is 30.8 Å². The van der Waals surface area contributed by atoms with Gasteiger partial charge in [0, 0.05) is 33.2 Å². The van der Waals surface area contributed by atoms with Gasteiger partial charge in [-0.05, 0) is 35.7 Å². The number of sulfonamides is 1. The molecule has 0 aliphatic carbocycles. The maximum absolute atomic E-state index is 12.0. The van der Waals surface area contributed by atoms with Crippen molar-refractivity contribution in [2.24, 2.45) is 7.05 Å². The van der Waals surface area contributed by atoms with Crippen LogP contribution in [0.1, 0.15) is 19.8 Å². The van der Waals surface area contributed by atoms with Crippen LogP contribution in [0.3, 0.4) is 0 Å². The number of nitrogens with zero attached hydrogens (tertiary/aromatic N) is 6. The van der Waals surface area contributed by atoms with Crippen molar-refractivity contribution in [3.63, 3.8) is 0 Å². The van der Waals surface area contributed by atoms with Crippen LogP contribution in [0.25, 0.3) is 11.0 Å². The fourth-order valence-electron chi connectivity index (χ4n) is 3.14. The van der Waals surface area contributed by atoms with E-state index in [-0.39, 0.29) is 11.8 Å². The number of halogens is 1. The summed E-state index contributed by atoms with van der Waals surface area (Å²) in [6, 6.07) is 0.0425. The highest BCUT2D eigenvalue weighted by Gasteiger charge is 2.30. The SMILES string of the molecule is CCS(=O)(=O)N(C)C1CCN(c2ncnc3c2c(Br)nn3C)CC1. The van der Waals surface area contributed by atoms with E-state index in [9.17, 15) is 8.42 Å². The largest absolute Gasteiger partial charge is 0.356 e. The first-order valence-corrected chi connectivity index (χ1v) is 10.3. The van der Waals surface area contributed by atoms with Crippen molar-refractivity contribution in [1.82, 2.24) is 24.1 Å². The van der Waals surface area contributed by atoms with Crippen molar-refractivity contribution in [3.8, 4) is 0 Å². The molecule has 1 fully saturated rings. The third-order valence-corrected chi connectivity index (χ3v) is 7.10. The summed E-state index contributed by atoms with van der Waals surface area (Å²) in [6.07, 6.45) is 3.10. The number of hydrogen-bond donors (Lipinski definition) is 0. The van der Waals surface area contributed by atoms with Crippen molar-refractivity contribution in [3.05, 3.63) is 10.9 Å². The highest BCUT2D eigenvalue weighted by atomic mass is 79.9. The number of piperidine rings is 1. The Morgan fingerprint density at radius 3 is 2.62 bits per heavy atom. The highest BCUT2D eigenvalue weighted by Crippen LogP contribution is 2.31. The fraction of sp³-hybridized carbons (Fsp3) is 0.643. The molecule has 0 aromatic carbocycles. The molecule has 2 aromatic rings. The van der Waals surface area contributed by atoms with Crippen molar-refractivity contribution >= 4 is 42.8 Å². The second-order valence-electron chi connectivity index (χ2n) is 5.95. The van der Waals surface area contributed by atoms with Crippen LogP contribution in [0.5, 0.6) is 0 Å². The lowest BCUT2D eigenvalue weighted by atomic mass is 10.1. The molecule has 3 heterocycles. The normalized spacial score (nSPS) is 17.1. The average Bonchev–Trinajstić information content (AvgIpc) is 2.89. The van der Waals surface area contributed by atoms with Gasteiger partial charge in [0.15, 0.2) is 5.65 Å².